The van der Waals surface area contributed by atoms with Crippen molar-refractivity contribution in [2.45, 2.75) is 0 Å². The molecule has 0 saturated heterocycles. The van der Waals surface area contributed by atoms with Crippen molar-refractivity contribution in [1.82, 2.24) is 9.55 Å². The third kappa shape index (κ3) is 2.57. The van der Waals surface area contributed by atoms with Gasteiger partial charge >= 0.3 is 0 Å². The summed E-state index contributed by atoms with van der Waals surface area (Å²) in [5.74, 6) is -0.774. The van der Waals surface area contributed by atoms with E-state index < -0.39 is 5.82 Å². The van der Waals surface area contributed by atoms with Crippen LogP contribution in [0.25, 0.3) is 16.6 Å². The average molecular weight is 390 g/mol. The quantitative estimate of drug-likeness (QED) is 0.353. The van der Waals surface area contributed by atoms with E-state index in [9.17, 15) is 18.8 Å². The Balaban J connectivity index is 1.75. The molecule has 0 amide bonds. The summed E-state index contributed by atoms with van der Waals surface area (Å²) < 4.78 is 28.2. The van der Waals surface area contributed by atoms with Crippen LogP contribution in [-0.2, 0) is 0 Å². The third-order valence-electron chi connectivity index (χ3n) is 4.79. The Morgan fingerprint density at radius 2 is 1.76 bits per heavy atom. The molecule has 0 atom stereocenters. The lowest BCUT2D eigenvalue weighted by Crippen LogP contribution is -2.22. The summed E-state index contributed by atoms with van der Waals surface area (Å²) >= 11 is 0. The highest BCUT2D eigenvalue weighted by Crippen LogP contribution is 2.30. The fraction of sp³-hybridized carbons (Fsp3) is 0. The summed E-state index contributed by atoms with van der Waals surface area (Å²) in [5, 5.41) is 16.2. The molecule has 2 heterocycles. The summed E-state index contributed by atoms with van der Waals surface area (Å²) in [6, 6.07) is 14.7. The number of hydrogen-bond acceptors (Lipinski definition) is 5. The maximum atomic E-state index is 13.7. The zero-order chi connectivity index (χ0) is 20.1. The molecule has 1 aliphatic heterocycles. The first-order valence-electron chi connectivity index (χ1n) is 8.68. The number of hydrogen-bond donors (Lipinski definition) is 2. The van der Waals surface area contributed by atoms with Crippen molar-refractivity contribution in [3.63, 3.8) is 0 Å². The molecule has 0 fully saturated rings. The summed E-state index contributed by atoms with van der Waals surface area (Å²) in [6.07, 6.45) is 0. The number of benzene rings is 3. The van der Waals surface area contributed by atoms with Gasteiger partial charge in [-0.05, 0) is 54.6 Å². The van der Waals surface area contributed by atoms with Gasteiger partial charge in [0.05, 0.1) is 16.8 Å². The van der Waals surface area contributed by atoms with Gasteiger partial charge in [-0.3, -0.25) is 9.36 Å². The van der Waals surface area contributed by atoms with Gasteiger partial charge < -0.3 is 10.5 Å². The number of nitrogens with one attached hydrogen (secondary N) is 1. The second-order valence-corrected chi connectivity index (χ2v) is 6.52. The SMILES string of the molecule is O=c1c2cccc(Nc3ccc(F)cc3)c2nc2n1-c1ccc(F)cc1/C2=N/O. The topological polar surface area (TPSA) is 79.5 Å². The van der Waals surface area contributed by atoms with Crippen LogP contribution in [0.2, 0.25) is 0 Å². The van der Waals surface area contributed by atoms with E-state index in [1.165, 1.54) is 34.9 Å². The van der Waals surface area contributed by atoms with E-state index >= 15 is 0 Å². The minimum atomic E-state index is -0.519. The van der Waals surface area contributed by atoms with Gasteiger partial charge in [-0.15, -0.1) is 0 Å². The van der Waals surface area contributed by atoms with Crippen LogP contribution in [-0.4, -0.2) is 20.5 Å². The predicted molar refractivity (Wildman–Crippen MR) is 104 cm³/mol. The fourth-order valence-corrected chi connectivity index (χ4v) is 3.49. The minimum Gasteiger partial charge on any atom is -0.410 e. The number of aromatic nitrogens is 2. The predicted octanol–water partition coefficient (Wildman–Crippen LogP) is 3.95. The lowest BCUT2D eigenvalue weighted by atomic mass is 10.1. The van der Waals surface area contributed by atoms with E-state index in [2.05, 4.69) is 15.5 Å². The van der Waals surface area contributed by atoms with E-state index in [1.807, 2.05) is 0 Å². The molecule has 8 heteroatoms. The first-order chi connectivity index (χ1) is 14.1. The third-order valence-corrected chi connectivity index (χ3v) is 4.79. The lowest BCUT2D eigenvalue weighted by molar-refractivity contribution is 0.319. The van der Waals surface area contributed by atoms with Gasteiger partial charge in [-0.2, -0.15) is 0 Å². The summed E-state index contributed by atoms with van der Waals surface area (Å²) in [4.78, 5) is 17.7. The average Bonchev–Trinajstić information content (AvgIpc) is 3.03. The molecule has 1 aromatic heterocycles. The molecule has 0 aliphatic carbocycles. The Hall–Kier alpha value is -4.07. The Kier molecular flexibility index (Phi) is 3.67. The maximum absolute atomic E-state index is 13.7. The van der Waals surface area contributed by atoms with Gasteiger partial charge in [0.15, 0.2) is 11.5 Å². The molecule has 1 aliphatic rings. The van der Waals surface area contributed by atoms with Crippen LogP contribution < -0.4 is 10.9 Å². The molecule has 6 nitrogen and oxygen atoms in total. The molecule has 0 spiro atoms. The highest BCUT2D eigenvalue weighted by molar-refractivity contribution is 6.16. The molecule has 5 rings (SSSR count). The number of fused-ring (bicyclic) bond motifs is 4. The number of nitrogens with zero attached hydrogens (tertiary/aromatic N) is 3. The second kappa shape index (κ2) is 6.23. The Morgan fingerprint density at radius 3 is 2.52 bits per heavy atom. The zero-order valence-electron chi connectivity index (χ0n) is 14.7. The molecule has 0 radical (unpaired) electrons. The zero-order valence-corrected chi connectivity index (χ0v) is 14.7. The highest BCUT2D eigenvalue weighted by Gasteiger charge is 2.30. The van der Waals surface area contributed by atoms with Gasteiger partial charge in [0.1, 0.15) is 17.2 Å². The first kappa shape index (κ1) is 17.1. The maximum Gasteiger partial charge on any atom is 0.266 e. The molecular weight excluding hydrogens is 378 g/mol. The van der Waals surface area contributed by atoms with Gasteiger partial charge in [-0.25, -0.2) is 13.8 Å². The van der Waals surface area contributed by atoms with E-state index in [-0.39, 0.29) is 28.5 Å². The van der Waals surface area contributed by atoms with Gasteiger partial charge in [0, 0.05) is 11.3 Å². The van der Waals surface area contributed by atoms with Crippen LogP contribution in [0.5, 0.6) is 0 Å². The molecule has 0 unspecified atom stereocenters. The van der Waals surface area contributed by atoms with Gasteiger partial charge in [0.2, 0.25) is 0 Å². The second-order valence-electron chi connectivity index (χ2n) is 6.52. The van der Waals surface area contributed by atoms with E-state index in [0.29, 0.717) is 28.0 Å². The minimum absolute atomic E-state index is 0.00934. The van der Waals surface area contributed by atoms with E-state index in [1.54, 1.807) is 30.3 Å². The number of halogens is 2. The van der Waals surface area contributed by atoms with Crippen LogP contribution in [0.4, 0.5) is 20.2 Å². The number of rotatable bonds is 2. The smallest absolute Gasteiger partial charge is 0.266 e. The van der Waals surface area contributed by atoms with E-state index in [0.717, 1.165) is 0 Å². The van der Waals surface area contributed by atoms with Gasteiger partial charge in [-0.1, -0.05) is 11.2 Å². The van der Waals surface area contributed by atoms with E-state index in [4.69, 9.17) is 0 Å². The van der Waals surface area contributed by atoms with Crippen LogP contribution in [0, 0.1) is 11.6 Å². The normalized spacial score (nSPS) is 13.5. The molecule has 0 bridgehead atoms. The largest absolute Gasteiger partial charge is 0.410 e. The van der Waals surface area contributed by atoms with Crippen molar-refractivity contribution in [2.75, 3.05) is 5.32 Å². The van der Waals surface area contributed by atoms with Gasteiger partial charge in [0.25, 0.3) is 5.56 Å². The molecule has 3 aromatic carbocycles. The van der Waals surface area contributed by atoms with Crippen molar-refractivity contribution in [3.8, 4) is 5.69 Å². The number of oxime groups is 1. The lowest BCUT2D eigenvalue weighted by Gasteiger charge is -2.11. The summed E-state index contributed by atoms with van der Waals surface area (Å²) in [7, 11) is 0. The van der Waals surface area contributed by atoms with Crippen LogP contribution >= 0.6 is 0 Å². The molecular formula is C21H12F2N4O2. The summed E-state index contributed by atoms with van der Waals surface area (Å²) in [5.41, 5.74) is 1.79. The van der Waals surface area contributed by atoms with Crippen molar-refractivity contribution in [1.29, 1.82) is 0 Å². The van der Waals surface area contributed by atoms with Crippen LogP contribution in [0.1, 0.15) is 11.4 Å². The van der Waals surface area contributed by atoms with Crippen molar-refractivity contribution < 1.29 is 14.0 Å². The fourth-order valence-electron chi connectivity index (χ4n) is 3.49. The highest BCUT2D eigenvalue weighted by atomic mass is 19.1. The molecule has 4 aromatic rings. The molecule has 142 valence electrons. The van der Waals surface area contributed by atoms with Crippen molar-refractivity contribution >= 4 is 28.0 Å². The van der Waals surface area contributed by atoms with Crippen molar-refractivity contribution in [2.24, 2.45) is 5.16 Å². The Morgan fingerprint density at radius 1 is 1.00 bits per heavy atom. The molecule has 0 saturated carbocycles. The number of para-hydroxylation sites is 1. The molecule has 2 N–H and O–H groups in total. The Labute approximate surface area is 162 Å². The van der Waals surface area contributed by atoms with Crippen LogP contribution in [0.3, 0.4) is 0 Å². The number of anilines is 2. The Bertz CT molecular complexity index is 1380. The molecule has 29 heavy (non-hydrogen) atoms. The van der Waals surface area contributed by atoms with Crippen molar-refractivity contribution in [3.05, 3.63) is 94.0 Å². The standard InChI is InChI=1S/C21H12F2N4O2/c22-11-4-7-13(8-5-11)24-16-3-1-2-14-18(16)25-20-19(26-29)15-10-12(23)6-9-17(15)27(20)21(14)28/h1-10,24,29H/b26-19-. The monoisotopic (exact) mass is 390 g/mol. The summed E-state index contributed by atoms with van der Waals surface area (Å²) in [6.45, 7) is 0. The van der Waals surface area contributed by atoms with Crippen LogP contribution in [0.15, 0.2) is 70.6 Å². The first-order valence-corrected chi connectivity index (χ1v) is 8.68.